The molecule has 0 N–H and O–H groups in total. The first-order valence-corrected chi connectivity index (χ1v) is 9.71. The van der Waals surface area contributed by atoms with E-state index in [1.165, 1.54) is 22.4 Å². The van der Waals surface area contributed by atoms with Gasteiger partial charge in [-0.1, -0.05) is 42.5 Å². The number of fused-ring (bicyclic) bond motifs is 3. The van der Waals surface area contributed by atoms with Gasteiger partial charge >= 0.3 is 5.97 Å². The third-order valence-corrected chi connectivity index (χ3v) is 6.10. The van der Waals surface area contributed by atoms with E-state index >= 15 is 0 Å². The van der Waals surface area contributed by atoms with E-state index in [0.717, 1.165) is 39.9 Å². The average molecular weight is 363 g/mol. The van der Waals surface area contributed by atoms with Crippen LogP contribution in [0.5, 0.6) is 0 Å². The third-order valence-electron chi connectivity index (χ3n) is 4.91. The highest BCUT2D eigenvalue weighted by Crippen LogP contribution is 2.43. The quantitative estimate of drug-likeness (QED) is 0.459. The first-order chi connectivity index (χ1) is 12.6. The molecule has 3 nitrogen and oxygen atoms in total. The highest BCUT2D eigenvalue weighted by Gasteiger charge is 2.27. The number of hydrogen-bond acceptors (Lipinski definition) is 4. The Morgan fingerprint density at radius 1 is 1.27 bits per heavy atom. The zero-order chi connectivity index (χ0) is 18.3. The summed E-state index contributed by atoms with van der Waals surface area (Å²) in [5.74, 6) is -0.328. The van der Waals surface area contributed by atoms with Crippen LogP contribution in [-0.2, 0) is 17.6 Å². The van der Waals surface area contributed by atoms with Gasteiger partial charge in [0.2, 0.25) is 0 Å². The summed E-state index contributed by atoms with van der Waals surface area (Å²) in [7, 11) is 0. The van der Waals surface area contributed by atoms with Gasteiger partial charge in [-0.05, 0) is 44.2 Å². The molecule has 0 amide bonds. The number of aromatic nitrogens is 1. The Balaban J connectivity index is 2.04. The molecule has 0 radical (unpaired) electrons. The Labute approximate surface area is 157 Å². The lowest BCUT2D eigenvalue weighted by atomic mass is 9.93. The van der Waals surface area contributed by atoms with Crippen LogP contribution < -0.4 is 0 Å². The van der Waals surface area contributed by atoms with Crippen molar-refractivity contribution in [1.29, 1.82) is 0 Å². The van der Waals surface area contributed by atoms with Crippen LogP contribution in [0.1, 0.15) is 38.5 Å². The summed E-state index contributed by atoms with van der Waals surface area (Å²) < 4.78 is 5.40. The molecule has 0 saturated heterocycles. The molecule has 0 unspecified atom stereocenters. The van der Waals surface area contributed by atoms with Crippen molar-refractivity contribution in [2.24, 2.45) is 0 Å². The maximum absolute atomic E-state index is 12.8. The molecule has 3 aromatic rings. The topological polar surface area (TPSA) is 39.2 Å². The molecule has 0 fully saturated rings. The first-order valence-electron chi connectivity index (χ1n) is 8.90. The molecule has 0 saturated carbocycles. The number of esters is 1. The van der Waals surface area contributed by atoms with E-state index in [9.17, 15) is 4.79 Å². The van der Waals surface area contributed by atoms with E-state index < -0.39 is 0 Å². The van der Waals surface area contributed by atoms with Crippen molar-refractivity contribution in [1.82, 2.24) is 4.98 Å². The predicted octanol–water partition coefficient (Wildman–Crippen LogP) is 5.41. The second-order valence-electron chi connectivity index (χ2n) is 6.74. The van der Waals surface area contributed by atoms with Crippen LogP contribution in [0, 0.1) is 13.8 Å². The van der Waals surface area contributed by atoms with Crippen molar-refractivity contribution >= 4 is 27.5 Å². The highest BCUT2D eigenvalue weighted by molar-refractivity contribution is 7.19. The summed E-state index contributed by atoms with van der Waals surface area (Å²) in [5.41, 5.74) is 5.89. The van der Waals surface area contributed by atoms with E-state index in [-0.39, 0.29) is 12.6 Å². The SMILES string of the molecule is C=CCOC(=O)c1c(C)nc2sc3c(c2c1-c1ccc(C)cc1)CCC3. The van der Waals surface area contributed by atoms with Crippen molar-refractivity contribution in [3.05, 3.63) is 64.2 Å². The Hall–Kier alpha value is -2.46. The van der Waals surface area contributed by atoms with Crippen molar-refractivity contribution in [3.63, 3.8) is 0 Å². The third kappa shape index (κ3) is 2.74. The van der Waals surface area contributed by atoms with Crippen LogP contribution in [0.15, 0.2) is 36.9 Å². The summed E-state index contributed by atoms with van der Waals surface area (Å²) in [6.07, 6.45) is 4.93. The second-order valence-corrected chi connectivity index (χ2v) is 7.82. The predicted molar refractivity (Wildman–Crippen MR) is 107 cm³/mol. The van der Waals surface area contributed by atoms with Crippen LogP contribution in [-0.4, -0.2) is 17.6 Å². The molecule has 2 aromatic heterocycles. The zero-order valence-corrected chi connectivity index (χ0v) is 15.9. The molecule has 1 aromatic carbocycles. The molecule has 1 aliphatic carbocycles. The van der Waals surface area contributed by atoms with E-state index in [1.54, 1.807) is 17.4 Å². The molecule has 2 heterocycles. The lowest BCUT2D eigenvalue weighted by molar-refractivity contribution is 0.0549. The molecule has 1 aliphatic rings. The van der Waals surface area contributed by atoms with Gasteiger partial charge in [0.15, 0.2) is 0 Å². The fraction of sp³-hybridized carbons (Fsp3) is 0.273. The van der Waals surface area contributed by atoms with Gasteiger partial charge in [-0.25, -0.2) is 9.78 Å². The largest absolute Gasteiger partial charge is 0.458 e. The number of pyridine rings is 1. The van der Waals surface area contributed by atoms with Crippen LogP contribution in [0.2, 0.25) is 0 Å². The molecular formula is C22H21NO2S. The minimum absolute atomic E-state index is 0.200. The second kappa shape index (κ2) is 6.69. The number of ether oxygens (including phenoxy) is 1. The molecule has 4 heteroatoms. The van der Waals surface area contributed by atoms with Crippen molar-refractivity contribution in [2.45, 2.75) is 33.1 Å². The van der Waals surface area contributed by atoms with E-state index in [4.69, 9.17) is 9.72 Å². The van der Waals surface area contributed by atoms with Crippen LogP contribution in [0.25, 0.3) is 21.3 Å². The molecule has 0 aliphatic heterocycles. The first kappa shape index (κ1) is 17.0. The monoisotopic (exact) mass is 363 g/mol. The molecule has 0 spiro atoms. The smallest absolute Gasteiger partial charge is 0.340 e. The van der Waals surface area contributed by atoms with Crippen LogP contribution >= 0.6 is 11.3 Å². The van der Waals surface area contributed by atoms with Gasteiger partial charge in [-0.15, -0.1) is 11.3 Å². The fourth-order valence-electron chi connectivity index (χ4n) is 3.71. The maximum Gasteiger partial charge on any atom is 0.340 e. The minimum Gasteiger partial charge on any atom is -0.458 e. The number of nitrogens with zero attached hydrogens (tertiary/aromatic N) is 1. The van der Waals surface area contributed by atoms with E-state index in [0.29, 0.717) is 5.56 Å². The number of carbonyl (C=O) groups excluding carboxylic acids is 1. The van der Waals surface area contributed by atoms with Gasteiger partial charge in [0.1, 0.15) is 11.4 Å². The molecular weight excluding hydrogens is 342 g/mol. The zero-order valence-electron chi connectivity index (χ0n) is 15.1. The van der Waals surface area contributed by atoms with Crippen molar-refractivity contribution < 1.29 is 9.53 Å². The summed E-state index contributed by atoms with van der Waals surface area (Å²) in [5, 5.41) is 1.14. The number of carbonyl (C=O) groups is 1. The van der Waals surface area contributed by atoms with E-state index in [1.807, 2.05) is 6.92 Å². The lowest BCUT2D eigenvalue weighted by Gasteiger charge is -2.14. The van der Waals surface area contributed by atoms with Gasteiger partial charge in [0.05, 0.1) is 11.3 Å². The van der Waals surface area contributed by atoms with Gasteiger partial charge in [0.25, 0.3) is 0 Å². The Morgan fingerprint density at radius 3 is 2.77 bits per heavy atom. The molecule has 26 heavy (non-hydrogen) atoms. The van der Waals surface area contributed by atoms with Gasteiger partial charge in [-0.2, -0.15) is 0 Å². The van der Waals surface area contributed by atoms with Crippen molar-refractivity contribution in [3.8, 4) is 11.1 Å². The van der Waals surface area contributed by atoms with Gasteiger partial charge in [0, 0.05) is 15.8 Å². The number of benzene rings is 1. The number of thiophene rings is 1. The molecule has 132 valence electrons. The standard InChI is InChI=1S/C22H21NO2S/c1-4-12-25-22(24)18-14(3)23-21-20(16-6-5-7-17(16)26-21)19(18)15-10-8-13(2)9-11-15/h4,8-11H,1,5-7,12H2,2-3H3. The number of aryl methyl sites for hydroxylation is 4. The van der Waals surface area contributed by atoms with E-state index in [2.05, 4.69) is 37.8 Å². The number of hydrogen-bond donors (Lipinski definition) is 0. The summed E-state index contributed by atoms with van der Waals surface area (Å²) in [6, 6.07) is 8.35. The summed E-state index contributed by atoms with van der Waals surface area (Å²) in [6.45, 7) is 7.80. The molecule has 0 atom stereocenters. The number of rotatable bonds is 4. The summed E-state index contributed by atoms with van der Waals surface area (Å²) in [4.78, 5) is 20.1. The van der Waals surface area contributed by atoms with Crippen LogP contribution in [0.3, 0.4) is 0 Å². The Morgan fingerprint density at radius 2 is 2.04 bits per heavy atom. The van der Waals surface area contributed by atoms with Crippen molar-refractivity contribution in [2.75, 3.05) is 6.61 Å². The Kier molecular flexibility index (Phi) is 4.37. The van der Waals surface area contributed by atoms with Gasteiger partial charge < -0.3 is 4.74 Å². The van der Waals surface area contributed by atoms with Gasteiger partial charge in [-0.3, -0.25) is 0 Å². The maximum atomic E-state index is 12.8. The molecule has 0 bridgehead atoms. The Bertz CT molecular complexity index is 1020. The van der Waals surface area contributed by atoms with Crippen LogP contribution in [0.4, 0.5) is 0 Å². The highest BCUT2D eigenvalue weighted by atomic mass is 32.1. The minimum atomic E-state index is -0.328. The fourth-order valence-corrected chi connectivity index (χ4v) is 5.02. The average Bonchev–Trinajstić information content (AvgIpc) is 3.20. The molecule has 4 rings (SSSR count). The summed E-state index contributed by atoms with van der Waals surface area (Å²) >= 11 is 1.77. The lowest BCUT2D eigenvalue weighted by Crippen LogP contribution is -2.11. The normalized spacial score (nSPS) is 13.0.